The Morgan fingerprint density at radius 1 is 1.25 bits per heavy atom. The number of nitrogens with one attached hydrogen (secondary N) is 1. The molecule has 1 aromatic heterocycles. The van der Waals surface area contributed by atoms with Crippen molar-refractivity contribution in [2.24, 2.45) is 7.05 Å². The predicted octanol–water partition coefficient (Wildman–Crippen LogP) is 4.24. The minimum Gasteiger partial charge on any atom is -0.308 e. The molecule has 0 aliphatic carbocycles. The highest BCUT2D eigenvalue weighted by Crippen LogP contribution is 2.24. The van der Waals surface area contributed by atoms with Crippen LogP contribution in [-0.2, 0) is 20.1 Å². The molecule has 0 unspecified atom stereocenters. The van der Waals surface area contributed by atoms with Gasteiger partial charge in [-0.1, -0.05) is 29.3 Å². The second kappa shape index (κ2) is 8.19. The number of hydrogen-bond acceptors (Lipinski definition) is 3. The van der Waals surface area contributed by atoms with Gasteiger partial charge in [-0.15, -0.1) is 0 Å². The van der Waals surface area contributed by atoms with Gasteiger partial charge in [-0.2, -0.15) is 5.10 Å². The molecule has 1 fully saturated rings. The highest BCUT2D eigenvalue weighted by Gasteiger charge is 2.19. The molecule has 1 aliphatic heterocycles. The molecule has 2 aromatic rings. The van der Waals surface area contributed by atoms with E-state index in [1.54, 1.807) is 0 Å². The lowest BCUT2D eigenvalue weighted by Crippen LogP contribution is -2.41. The van der Waals surface area contributed by atoms with Gasteiger partial charge in [-0.3, -0.25) is 9.58 Å². The lowest BCUT2D eigenvalue weighted by atomic mass is 10.0. The summed E-state index contributed by atoms with van der Waals surface area (Å²) < 4.78 is 2.90. The predicted molar refractivity (Wildman–Crippen MR) is 103 cm³/mol. The van der Waals surface area contributed by atoms with Gasteiger partial charge in [-0.25, -0.2) is 0 Å². The Morgan fingerprint density at radius 2 is 2.00 bits per heavy atom. The van der Waals surface area contributed by atoms with Gasteiger partial charge >= 0.3 is 0 Å². The zero-order valence-electron chi connectivity index (χ0n) is 13.6. The molecule has 130 valence electrons. The van der Waals surface area contributed by atoms with Crippen molar-refractivity contribution in [3.05, 3.63) is 50.2 Å². The molecule has 4 nitrogen and oxygen atoms in total. The zero-order valence-corrected chi connectivity index (χ0v) is 16.7. The molecular formula is C17H21BrCl2N4. The van der Waals surface area contributed by atoms with Crippen LogP contribution in [-0.4, -0.2) is 33.8 Å². The SMILES string of the molecule is Cn1cc(Br)c(CNC2CCN(Cc3ccc(Cl)c(Cl)c3)CC2)n1. The van der Waals surface area contributed by atoms with E-state index in [4.69, 9.17) is 23.2 Å². The van der Waals surface area contributed by atoms with E-state index in [0.29, 0.717) is 16.1 Å². The Labute approximate surface area is 161 Å². The molecule has 0 radical (unpaired) electrons. The van der Waals surface area contributed by atoms with Gasteiger partial charge in [0.2, 0.25) is 0 Å². The number of likely N-dealkylation sites (tertiary alicyclic amines) is 1. The average Bonchev–Trinajstić information content (AvgIpc) is 2.88. The number of rotatable bonds is 5. The summed E-state index contributed by atoms with van der Waals surface area (Å²) in [6, 6.07) is 6.44. The maximum absolute atomic E-state index is 6.10. The molecule has 0 saturated carbocycles. The topological polar surface area (TPSA) is 33.1 Å². The first kappa shape index (κ1) is 18.2. The van der Waals surface area contributed by atoms with Gasteiger partial charge < -0.3 is 5.32 Å². The first-order valence-corrected chi connectivity index (χ1v) is 9.64. The molecule has 0 atom stereocenters. The van der Waals surface area contributed by atoms with E-state index in [1.807, 2.05) is 30.1 Å². The van der Waals surface area contributed by atoms with Crippen molar-refractivity contribution in [1.82, 2.24) is 20.0 Å². The highest BCUT2D eigenvalue weighted by molar-refractivity contribution is 9.10. The second-order valence-electron chi connectivity index (χ2n) is 6.28. The van der Waals surface area contributed by atoms with Crippen molar-refractivity contribution in [3.8, 4) is 0 Å². The quantitative estimate of drug-likeness (QED) is 0.768. The standard InChI is InChI=1S/C17H21BrCl2N4/c1-23-11-14(18)17(22-23)9-21-13-4-6-24(7-5-13)10-12-2-3-15(19)16(20)8-12/h2-3,8,11,13,21H,4-7,9-10H2,1H3. The molecule has 2 heterocycles. The van der Waals surface area contributed by atoms with Gasteiger partial charge in [-0.05, 0) is 59.6 Å². The van der Waals surface area contributed by atoms with Crippen LogP contribution >= 0.6 is 39.1 Å². The Kier molecular flexibility index (Phi) is 6.22. The molecule has 1 N–H and O–H groups in total. The van der Waals surface area contributed by atoms with Crippen molar-refractivity contribution >= 4 is 39.1 Å². The fraction of sp³-hybridized carbons (Fsp3) is 0.471. The second-order valence-corrected chi connectivity index (χ2v) is 7.95. The van der Waals surface area contributed by atoms with Crippen LogP contribution in [0.1, 0.15) is 24.1 Å². The summed E-state index contributed by atoms with van der Waals surface area (Å²) in [6.45, 7) is 3.90. The van der Waals surface area contributed by atoms with Gasteiger partial charge in [0.1, 0.15) is 0 Å². The van der Waals surface area contributed by atoms with Crippen LogP contribution in [0.5, 0.6) is 0 Å². The van der Waals surface area contributed by atoms with E-state index in [0.717, 1.165) is 49.2 Å². The van der Waals surface area contributed by atoms with Gasteiger partial charge in [0.05, 0.1) is 20.2 Å². The highest BCUT2D eigenvalue weighted by atomic mass is 79.9. The maximum atomic E-state index is 6.10. The first-order chi connectivity index (χ1) is 11.5. The lowest BCUT2D eigenvalue weighted by Gasteiger charge is -2.32. The summed E-state index contributed by atoms with van der Waals surface area (Å²) in [7, 11) is 1.94. The van der Waals surface area contributed by atoms with E-state index < -0.39 is 0 Å². The van der Waals surface area contributed by atoms with Crippen molar-refractivity contribution in [2.45, 2.75) is 32.0 Å². The van der Waals surface area contributed by atoms with Gasteiger partial charge in [0.15, 0.2) is 0 Å². The van der Waals surface area contributed by atoms with Crippen LogP contribution in [0.4, 0.5) is 0 Å². The summed E-state index contributed by atoms with van der Waals surface area (Å²) in [5, 5.41) is 9.32. The lowest BCUT2D eigenvalue weighted by molar-refractivity contribution is 0.190. The Hall–Kier alpha value is -0.590. The summed E-state index contributed by atoms with van der Waals surface area (Å²) in [5.41, 5.74) is 2.28. The molecule has 0 bridgehead atoms. The minimum atomic E-state index is 0.545. The number of nitrogens with zero attached hydrogens (tertiary/aromatic N) is 3. The molecule has 1 saturated heterocycles. The molecular weight excluding hydrogens is 411 g/mol. The van der Waals surface area contributed by atoms with Crippen LogP contribution in [0.25, 0.3) is 0 Å². The van der Waals surface area contributed by atoms with E-state index >= 15 is 0 Å². The smallest absolute Gasteiger partial charge is 0.0904 e. The fourth-order valence-corrected chi connectivity index (χ4v) is 3.89. The third-order valence-corrected chi connectivity index (χ3v) is 5.79. The van der Waals surface area contributed by atoms with Crippen molar-refractivity contribution in [3.63, 3.8) is 0 Å². The van der Waals surface area contributed by atoms with E-state index in [2.05, 4.69) is 37.3 Å². The van der Waals surface area contributed by atoms with E-state index in [-0.39, 0.29) is 0 Å². The Balaban J connectivity index is 1.45. The van der Waals surface area contributed by atoms with Crippen molar-refractivity contribution in [1.29, 1.82) is 0 Å². The van der Waals surface area contributed by atoms with Gasteiger partial charge in [0, 0.05) is 32.4 Å². The van der Waals surface area contributed by atoms with Crippen LogP contribution in [0.15, 0.2) is 28.9 Å². The molecule has 0 spiro atoms. The number of aryl methyl sites for hydroxylation is 1. The number of halogens is 3. The number of hydrogen-bond donors (Lipinski definition) is 1. The van der Waals surface area contributed by atoms with Crippen molar-refractivity contribution in [2.75, 3.05) is 13.1 Å². The molecule has 1 aromatic carbocycles. The summed E-state index contributed by atoms with van der Waals surface area (Å²) in [4.78, 5) is 2.47. The largest absolute Gasteiger partial charge is 0.308 e. The molecule has 3 rings (SSSR count). The summed E-state index contributed by atoms with van der Waals surface area (Å²) in [6.07, 6.45) is 4.27. The molecule has 0 amide bonds. The van der Waals surface area contributed by atoms with Gasteiger partial charge in [0.25, 0.3) is 0 Å². The van der Waals surface area contributed by atoms with E-state index in [9.17, 15) is 0 Å². The van der Waals surface area contributed by atoms with Crippen LogP contribution in [0.3, 0.4) is 0 Å². The summed E-state index contributed by atoms with van der Waals surface area (Å²) >= 11 is 15.6. The monoisotopic (exact) mass is 430 g/mol. The number of piperidine rings is 1. The van der Waals surface area contributed by atoms with Crippen LogP contribution in [0, 0.1) is 0 Å². The van der Waals surface area contributed by atoms with E-state index in [1.165, 1.54) is 5.56 Å². The zero-order chi connectivity index (χ0) is 17.1. The Bertz CT molecular complexity index is 696. The Morgan fingerprint density at radius 3 is 2.62 bits per heavy atom. The summed E-state index contributed by atoms with van der Waals surface area (Å²) in [5.74, 6) is 0. The minimum absolute atomic E-state index is 0.545. The van der Waals surface area contributed by atoms with Crippen LogP contribution < -0.4 is 5.32 Å². The first-order valence-electron chi connectivity index (χ1n) is 8.09. The third kappa shape index (κ3) is 4.73. The fourth-order valence-electron chi connectivity index (χ4n) is 3.06. The normalized spacial score (nSPS) is 16.7. The average molecular weight is 432 g/mol. The molecule has 7 heteroatoms. The maximum Gasteiger partial charge on any atom is 0.0904 e. The van der Waals surface area contributed by atoms with Crippen molar-refractivity contribution < 1.29 is 0 Å². The third-order valence-electron chi connectivity index (χ3n) is 4.39. The number of benzene rings is 1. The molecule has 24 heavy (non-hydrogen) atoms. The number of aromatic nitrogens is 2. The molecule has 1 aliphatic rings. The van der Waals surface area contributed by atoms with Crippen LogP contribution in [0.2, 0.25) is 10.0 Å².